The molecule has 0 spiro atoms. The van der Waals surface area contributed by atoms with E-state index >= 15 is 0 Å². The number of fused-ring (bicyclic) bond motifs is 3. The van der Waals surface area contributed by atoms with Crippen molar-refractivity contribution in [2.45, 2.75) is 12.8 Å². The Morgan fingerprint density at radius 1 is 1.15 bits per heavy atom. The number of benzene rings is 1. The van der Waals surface area contributed by atoms with Crippen molar-refractivity contribution in [3.8, 4) is 16.3 Å². The molecule has 8 heteroatoms. The number of morpholine rings is 1. The summed E-state index contributed by atoms with van der Waals surface area (Å²) in [7, 11) is 0. The topological polar surface area (TPSA) is 72.3 Å². The van der Waals surface area contributed by atoms with Gasteiger partial charge in [0.25, 0.3) is 0 Å². The number of rotatable bonds is 2. The van der Waals surface area contributed by atoms with Gasteiger partial charge in [0.1, 0.15) is 0 Å². The van der Waals surface area contributed by atoms with Crippen LogP contribution < -0.4 is 5.32 Å². The van der Waals surface area contributed by atoms with Gasteiger partial charge in [-0.05, 0) is 30.5 Å². The predicted octanol–water partition coefficient (Wildman–Crippen LogP) is 2.96. The minimum atomic E-state index is -0.110. The van der Waals surface area contributed by atoms with Crippen molar-refractivity contribution in [3.63, 3.8) is 0 Å². The summed E-state index contributed by atoms with van der Waals surface area (Å²) in [5.41, 5.74) is 4.37. The van der Waals surface area contributed by atoms with Gasteiger partial charge in [-0.1, -0.05) is 29.5 Å². The van der Waals surface area contributed by atoms with Gasteiger partial charge in [-0.25, -0.2) is 14.5 Å². The summed E-state index contributed by atoms with van der Waals surface area (Å²) >= 11 is 1.52. The molecule has 1 fully saturated rings. The minimum absolute atomic E-state index is 0.110. The first-order chi connectivity index (χ1) is 13.3. The molecule has 5 rings (SSSR count). The predicted molar refractivity (Wildman–Crippen MR) is 103 cm³/mol. The van der Waals surface area contributed by atoms with Crippen LogP contribution in [-0.2, 0) is 17.6 Å². The average molecular weight is 381 g/mol. The summed E-state index contributed by atoms with van der Waals surface area (Å²) < 4.78 is 7.28. The number of aromatic nitrogens is 3. The van der Waals surface area contributed by atoms with Crippen molar-refractivity contribution >= 4 is 22.5 Å². The molecular formula is C19H19N5O2S. The Morgan fingerprint density at radius 2 is 1.96 bits per heavy atom. The summed E-state index contributed by atoms with van der Waals surface area (Å²) in [5.74, 6) is 0. The van der Waals surface area contributed by atoms with Crippen LogP contribution in [0.25, 0.3) is 16.3 Å². The highest BCUT2D eigenvalue weighted by molar-refractivity contribution is 7.19. The quantitative estimate of drug-likeness (QED) is 0.741. The summed E-state index contributed by atoms with van der Waals surface area (Å²) in [6, 6.07) is 9.99. The van der Waals surface area contributed by atoms with E-state index in [9.17, 15) is 4.79 Å². The molecule has 0 saturated carbocycles. The minimum Gasteiger partial charge on any atom is -0.378 e. The third-order valence-electron chi connectivity index (χ3n) is 4.90. The van der Waals surface area contributed by atoms with Crippen LogP contribution in [0.4, 0.5) is 9.93 Å². The van der Waals surface area contributed by atoms with E-state index < -0.39 is 0 Å². The SMILES string of the molecule is O=C(Nc1nc2c(s1)-c1c(cnn1-c1ccccc1)CC2)N1CCOCC1. The summed E-state index contributed by atoms with van der Waals surface area (Å²) in [5, 5.41) is 8.20. The number of nitrogens with one attached hydrogen (secondary N) is 1. The Kier molecular flexibility index (Phi) is 4.14. The van der Waals surface area contributed by atoms with Crippen LogP contribution in [0.15, 0.2) is 36.5 Å². The number of nitrogens with zero attached hydrogens (tertiary/aromatic N) is 4. The molecule has 0 bridgehead atoms. The van der Waals surface area contributed by atoms with E-state index in [-0.39, 0.29) is 6.03 Å². The molecule has 1 aliphatic carbocycles. The van der Waals surface area contributed by atoms with E-state index in [0.29, 0.717) is 31.4 Å². The van der Waals surface area contributed by atoms with E-state index in [1.165, 1.54) is 16.9 Å². The Labute approximate surface area is 160 Å². The number of carbonyl (C=O) groups is 1. The molecular weight excluding hydrogens is 362 g/mol. The fourth-order valence-electron chi connectivity index (χ4n) is 3.52. The van der Waals surface area contributed by atoms with Crippen molar-refractivity contribution in [2.75, 3.05) is 31.6 Å². The van der Waals surface area contributed by atoms with Crippen molar-refractivity contribution < 1.29 is 9.53 Å². The number of aryl methyl sites for hydroxylation is 2. The molecule has 3 heterocycles. The molecule has 138 valence electrons. The molecule has 1 aliphatic heterocycles. The summed E-state index contributed by atoms with van der Waals surface area (Å²) in [6.07, 6.45) is 3.72. The Balaban J connectivity index is 1.46. The van der Waals surface area contributed by atoms with Crippen LogP contribution >= 0.6 is 11.3 Å². The molecule has 1 N–H and O–H groups in total. The molecule has 3 aromatic rings. The van der Waals surface area contributed by atoms with Crippen LogP contribution in [0.1, 0.15) is 11.3 Å². The molecule has 2 aromatic heterocycles. The number of ether oxygens (including phenoxy) is 1. The van der Waals surface area contributed by atoms with Crippen LogP contribution in [0.5, 0.6) is 0 Å². The highest BCUT2D eigenvalue weighted by Gasteiger charge is 2.27. The highest BCUT2D eigenvalue weighted by Crippen LogP contribution is 2.40. The standard InChI is InChI=1S/C19H19N5O2S/c25-19(23-8-10-26-11-9-23)22-18-21-15-7-6-13-12-20-24(16(13)17(15)27-18)14-4-2-1-3-5-14/h1-5,12H,6-11H2,(H,21,22,25). The first-order valence-electron chi connectivity index (χ1n) is 9.05. The van der Waals surface area contributed by atoms with E-state index in [1.54, 1.807) is 4.90 Å². The molecule has 2 aliphatic rings. The van der Waals surface area contributed by atoms with Gasteiger partial charge in [0.05, 0.1) is 41.4 Å². The van der Waals surface area contributed by atoms with Crippen LogP contribution in [0.2, 0.25) is 0 Å². The third kappa shape index (κ3) is 3.00. The second kappa shape index (κ2) is 6.79. The normalized spacial score (nSPS) is 15.9. The number of thiazole rings is 1. The highest BCUT2D eigenvalue weighted by atomic mass is 32.1. The maximum Gasteiger partial charge on any atom is 0.323 e. The molecule has 1 saturated heterocycles. The average Bonchev–Trinajstić information content (AvgIpc) is 3.32. The molecule has 27 heavy (non-hydrogen) atoms. The third-order valence-corrected chi connectivity index (χ3v) is 5.92. The van der Waals surface area contributed by atoms with Crippen molar-refractivity contribution in [1.82, 2.24) is 19.7 Å². The second-order valence-electron chi connectivity index (χ2n) is 6.59. The Bertz CT molecular complexity index is 975. The van der Waals surface area contributed by atoms with Gasteiger partial charge in [0.2, 0.25) is 0 Å². The van der Waals surface area contributed by atoms with E-state index in [4.69, 9.17) is 4.74 Å². The van der Waals surface area contributed by atoms with Gasteiger partial charge in [-0.15, -0.1) is 0 Å². The van der Waals surface area contributed by atoms with Gasteiger partial charge in [-0.2, -0.15) is 5.10 Å². The Hall–Kier alpha value is -2.71. The zero-order valence-corrected chi connectivity index (χ0v) is 15.5. The van der Waals surface area contributed by atoms with Gasteiger partial charge in [-0.3, -0.25) is 5.32 Å². The van der Waals surface area contributed by atoms with Crippen molar-refractivity contribution in [3.05, 3.63) is 47.8 Å². The summed E-state index contributed by atoms with van der Waals surface area (Å²) in [6.45, 7) is 2.40. The monoisotopic (exact) mass is 381 g/mol. The number of carbonyl (C=O) groups excluding carboxylic acids is 1. The lowest BCUT2D eigenvalue weighted by Crippen LogP contribution is -2.43. The summed E-state index contributed by atoms with van der Waals surface area (Å²) in [4.78, 5) is 20.0. The number of hydrogen-bond donors (Lipinski definition) is 1. The molecule has 7 nitrogen and oxygen atoms in total. The van der Waals surface area contributed by atoms with E-state index in [1.807, 2.05) is 41.2 Å². The van der Waals surface area contributed by atoms with Gasteiger partial charge in [0.15, 0.2) is 5.13 Å². The fourth-order valence-corrected chi connectivity index (χ4v) is 4.59. The lowest BCUT2D eigenvalue weighted by Gasteiger charge is -2.26. The van der Waals surface area contributed by atoms with Crippen LogP contribution in [0, 0.1) is 0 Å². The Morgan fingerprint density at radius 3 is 2.78 bits per heavy atom. The molecule has 2 amide bonds. The van der Waals surface area contributed by atoms with Crippen molar-refractivity contribution in [2.24, 2.45) is 0 Å². The maximum atomic E-state index is 12.5. The lowest BCUT2D eigenvalue weighted by molar-refractivity contribution is 0.0564. The van der Waals surface area contributed by atoms with E-state index in [0.717, 1.165) is 34.8 Å². The van der Waals surface area contributed by atoms with Crippen LogP contribution in [-0.4, -0.2) is 52.0 Å². The molecule has 0 atom stereocenters. The van der Waals surface area contributed by atoms with E-state index in [2.05, 4.69) is 15.4 Å². The first kappa shape index (κ1) is 16.5. The van der Waals surface area contributed by atoms with Crippen molar-refractivity contribution in [1.29, 1.82) is 0 Å². The van der Waals surface area contributed by atoms with Gasteiger partial charge in [0, 0.05) is 13.1 Å². The number of para-hydroxylation sites is 1. The second-order valence-corrected chi connectivity index (χ2v) is 7.59. The largest absolute Gasteiger partial charge is 0.378 e. The molecule has 0 radical (unpaired) electrons. The lowest BCUT2D eigenvalue weighted by atomic mass is 10.0. The number of anilines is 1. The smallest absolute Gasteiger partial charge is 0.323 e. The molecule has 0 unspecified atom stereocenters. The zero-order chi connectivity index (χ0) is 18.2. The van der Waals surface area contributed by atoms with Gasteiger partial charge >= 0.3 is 6.03 Å². The number of amides is 2. The number of hydrogen-bond acceptors (Lipinski definition) is 5. The zero-order valence-electron chi connectivity index (χ0n) is 14.7. The first-order valence-corrected chi connectivity index (χ1v) is 9.87. The maximum absolute atomic E-state index is 12.5. The number of urea groups is 1. The van der Waals surface area contributed by atoms with Crippen LogP contribution in [0.3, 0.4) is 0 Å². The van der Waals surface area contributed by atoms with Gasteiger partial charge < -0.3 is 9.64 Å². The fraction of sp³-hybridized carbons (Fsp3) is 0.316. The molecule has 1 aromatic carbocycles.